The summed E-state index contributed by atoms with van der Waals surface area (Å²) in [5, 5.41) is 16.9. The van der Waals surface area contributed by atoms with Crippen molar-refractivity contribution in [2.45, 2.75) is 66.8 Å². The lowest BCUT2D eigenvalue weighted by atomic mass is 9.89. The molecule has 1 amide bonds. The first-order valence-corrected chi connectivity index (χ1v) is 12.4. The predicted octanol–water partition coefficient (Wildman–Crippen LogP) is 3.28. The fraction of sp³-hybridized carbons (Fsp3) is 0.450. The van der Waals surface area contributed by atoms with Crippen molar-refractivity contribution in [3.8, 4) is 0 Å². The second kappa shape index (κ2) is 9.76. The Balaban J connectivity index is 1.68. The molecule has 1 heterocycles. The molecular formula is C20H27N5O3S2. The van der Waals surface area contributed by atoms with Crippen LogP contribution in [0, 0.1) is 0 Å². The van der Waals surface area contributed by atoms with Crippen molar-refractivity contribution >= 4 is 33.4 Å². The third-order valence-electron chi connectivity index (χ3n) is 5.13. The summed E-state index contributed by atoms with van der Waals surface area (Å²) in [6.07, 6.45) is 7.73. The number of amides is 1. The van der Waals surface area contributed by atoms with Crippen molar-refractivity contribution in [2.75, 3.05) is 5.32 Å². The molecule has 1 fully saturated rings. The zero-order chi connectivity index (χ0) is 21.7. The van der Waals surface area contributed by atoms with E-state index in [0.717, 1.165) is 18.7 Å². The highest BCUT2D eigenvalue weighted by Crippen LogP contribution is 2.34. The first-order chi connectivity index (χ1) is 14.3. The molecule has 1 aliphatic rings. The van der Waals surface area contributed by atoms with E-state index in [1.54, 1.807) is 6.92 Å². The summed E-state index contributed by atoms with van der Waals surface area (Å²) in [5.74, 6) is 1.17. The molecule has 10 heteroatoms. The van der Waals surface area contributed by atoms with Crippen molar-refractivity contribution in [3.63, 3.8) is 0 Å². The Morgan fingerprint density at radius 3 is 2.57 bits per heavy atom. The number of rotatable bonds is 8. The van der Waals surface area contributed by atoms with E-state index in [2.05, 4.69) is 26.7 Å². The van der Waals surface area contributed by atoms with Gasteiger partial charge in [0.05, 0.1) is 10.1 Å². The van der Waals surface area contributed by atoms with Crippen LogP contribution in [-0.2, 0) is 21.4 Å². The normalized spacial score (nSPS) is 16.2. The Bertz CT molecular complexity index is 996. The Kier molecular flexibility index (Phi) is 7.32. The van der Waals surface area contributed by atoms with Crippen LogP contribution in [0.4, 0.5) is 5.69 Å². The number of benzene rings is 1. The molecule has 1 aromatic heterocycles. The Morgan fingerprint density at radius 1 is 1.30 bits per heavy atom. The molecule has 162 valence electrons. The van der Waals surface area contributed by atoms with E-state index in [4.69, 9.17) is 5.14 Å². The van der Waals surface area contributed by atoms with Crippen molar-refractivity contribution < 1.29 is 13.2 Å². The minimum atomic E-state index is -3.77. The molecule has 0 spiro atoms. The average Bonchev–Trinajstić information content (AvgIpc) is 3.11. The fourth-order valence-electron chi connectivity index (χ4n) is 3.53. The van der Waals surface area contributed by atoms with E-state index < -0.39 is 15.3 Å². The van der Waals surface area contributed by atoms with Gasteiger partial charge in [0.2, 0.25) is 15.9 Å². The molecule has 1 aliphatic carbocycles. The van der Waals surface area contributed by atoms with Crippen LogP contribution in [-0.4, -0.2) is 34.3 Å². The van der Waals surface area contributed by atoms with E-state index in [1.807, 2.05) is 6.08 Å². The van der Waals surface area contributed by atoms with Crippen molar-refractivity contribution in [1.29, 1.82) is 0 Å². The molecule has 1 aromatic carbocycles. The van der Waals surface area contributed by atoms with Crippen LogP contribution in [0.25, 0.3) is 0 Å². The number of hydrogen-bond donors (Lipinski definition) is 2. The molecule has 3 N–H and O–H groups in total. The van der Waals surface area contributed by atoms with Gasteiger partial charge in [0.25, 0.3) is 0 Å². The SMILES string of the molecule is C=CCn1c(SC(C)C(=O)Nc2ccc(S(N)(=O)=O)cc2)nnc1C1CCCCC1. The lowest BCUT2D eigenvalue weighted by molar-refractivity contribution is -0.115. The molecule has 1 atom stereocenters. The average molecular weight is 450 g/mol. The summed E-state index contributed by atoms with van der Waals surface area (Å²) in [4.78, 5) is 12.6. The largest absolute Gasteiger partial charge is 0.325 e. The standard InChI is InChI=1S/C20H27N5O3S2/c1-3-13-25-18(15-7-5-4-6-8-15)23-24-20(25)29-14(2)19(26)22-16-9-11-17(12-10-16)30(21,27)28/h3,9-12,14-15H,1,4-8,13H2,2H3,(H,22,26)(H2,21,27,28). The van der Waals surface area contributed by atoms with Crippen LogP contribution in [0.2, 0.25) is 0 Å². The van der Waals surface area contributed by atoms with E-state index >= 15 is 0 Å². The van der Waals surface area contributed by atoms with E-state index in [9.17, 15) is 13.2 Å². The third-order valence-corrected chi connectivity index (χ3v) is 7.14. The minimum Gasteiger partial charge on any atom is -0.325 e. The van der Waals surface area contributed by atoms with Gasteiger partial charge in [-0.05, 0) is 44.0 Å². The van der Waals surface area contributed by atoms with Gasteiger partial charge >= 0.3 is 0 Å². The van der Waals surface area contributed by atoms with Crippen LogP contribution < -0.4 is 10.5 Å². The number of nitrogens with one attached hydrogen (secondary N) is 1. The number of hydrogen-bond acceptors (Lipinski definition) is 6. The second-order valence-corrected chi connectivity index (χ2v) is 10.3. The Morgan fingerprint density at radius 2 is 1.97 bits per heavy atom. The van der Waals surface area contributed by atoms with Crippen LogP contribution in [0.5, 0.6) is 0 Å². The van der Waals surface area contributed by atoms with E-state index in [1.165, 1.54) is 55.3 Å². The van der Waals surface area contributed by atoms with E-state index in [0.29, 0.717) is 23.3 Å². The first kappa shape index (κ1) is 22.5. The van der Waals surface area contributed by atoms with Gasteiger partial charge in [-0.1, -0.05) is 37.1 Å². The summed E-state index contributed by atoms with van der Waals surface area (Å²) >= 11 is 1.34. The molecule has 2 aromatic rings. The molecule has 0 aliphatic heterocycles. The number of nitrogens with zero attached hydrogens (tertiary/aromatic N) is 3. The summed E-state index contributed by atoms with van der Waals surface area (Å²) < 4.78 is 24.7. The second-order valence-electron chi connectivity index (χ2n) is 7.39. The summed E-state index contributed by atoms with van der Waals surface area (Å²) in [7, 11) is -3.77. The number of thioether (sulfide) groups is 1. The molecule has 8 nitrogen and oxygen atoms in total. The number of nitrogens with two attached hydrogens (primary N) is 1. The minimum absolute atomic E-state index is 0.00399. The van der Waals surface area contributed by atoms with Gasteiger partial charge in [-0.3, -0.25) is 4.79 Å². The molecule has 1 saturated carbocycles. The summed E-state index contributed by atoms with van der Waals surface area (Å²) in [6, 6.07) is 5.74. The zero-order valence-corrected chi connectivity index (χ0v) is 18.6. The van der Waals surface area contributed by atoms with Crippen molar-refractivity contribution in [3.05, 3.63) is 42.7 Å². The molecule has 3 rings (SSSR count). The topological polar surface area (TPSA) is 120 Å². The highest BCUT2D eigenvalue weighted by molar-refractivity contribution is 8.00. The number of sulfonamides is 1. The van der Waals surface area contributed by atoms with Crippen LogP contribution in [0.15, 0.2) is 47.0 Å². The molecule has 0 radical (unpaired) electrons. The maximum absolute atomic E-state index is 12.6. The third kappa shape index (κ3) is 5.50. The predicted molar refractivity (Wildman–Crippen MR) is 118 cm³/mol. The monoisotopic (exact) mass is 449 g/mol. The van der Waals surface area contributed by atoms with Crippen molar-refractivity contribution in [2.24, 2.45) is 5.14 Å². The van der Waals surface area contributed by atoms with Gasteiger partial charge < -0.3 is 9.88 Å². The Hall–Kier alpha value is -2.17. The number of carbonyl (C=O) groups is 1. The van der Waals surface area contributed by atoms with Gasteiger partial charge in [0.1, 0.15) is 5.82 Å². The van der Waals surface area contributed by atoms with Crippen LogP contribution in [0.3, 0.4) is 0 Å². The highest BCUT2D eigenvalue weighted by atomic mass is 32.2. The number of aromatic nitrogens is 3. The quantitative estimate of drug-likeness (QED) is 0.471. The van der Waals surface area contributed by atoms with Gasteiger partial charge in [-0.25, -0.2) is 13.6 Å². The lowest BCUT2D eigenvalue weighted by Gasteiger charge is -2.21. The lowest BCUT2D eigenvalue weighted by Crippen LogP contribution is -2.23. The summed E-state index contributed by atoms with van der Waals surface area (Å²) in [6.45, 7) is 6.24. The Labute approximate surface area is 181 Å². The molecule has 0 bridgehead atoms. The zero-order valence-electron chi connectivity index (χ0n) is 17.0. The molecule has 0 saturated heterocycles. The highest BCUT2D eigenvalue weighted by Gasteiger charge is 2.25. The maximum atomic E-state index is 12.6. The van der Waals surface area contributed by atoms with Crippen molar-refractivity contribution in [1.82, 2.24) is 14.8 Å². The van der Waals surface area contributed by atoms with Crippen LogP contribution >= 0.6 is 11.8 Å². The number of anilines is 1. The molecule has 1 unspecified atom stereocenters. The number of primary sulfonamides is 1. The van der Waals surface area contributed by atoms with Gasteiger partial charge in [0, 0.05) is 18.2 Å². The smallest absolute Gasteiger partial charge is 0.238 e. The maximum Gasteiger partial charge on any atom is 0.238 e. The van der Waals surface area contributed by atoms with Gasteiger partial charge in [0.15, 0.2) is 5.16 Å². The molecule has 30 heavy (non-hydrogen) atoms. The first-order valence-electron chi connectivity index (χ1n) is 9.94. The molecular weight excluding hydrogens is 422 g/mol. The van der Waals surface area contributed by atoms with E-state index in [-0.39, 0.29) is 10.8 Å². The fourth-order valence-corrected chi connectivity index (χ4v) is 4.92. The number of carbonyl (C=O) groups excluding carboxylic acids is 1. The number of allylic oxidation sites excluding steroid dienone is 1. The van der Waals surface area contributed by atoms with Gasteiger partial charge in [-0.15, -0.1) is 16.8 Å². The van der Waals surface area contributed by atoms with Gasteiger partial charge in [-0.2, -0.15) is 0 Å². The summed E-state index contributed by atoms with van der Waals surface area (Å²) in [5.41, 5.74) is 0.496. The van der Waals surface area contributed by atoms with Crippen LogP contribution in [0.1, 0.15) is 50.8 Å².